The molecule has 0 radical (unpaired) electrons. The molecule has 0 amide bonds. The summed E-state index contributed by atoms with van der Waals surface area (Å²) in [5.41, 5.74) is 1.19. The van der Waals surface area contributed by atoms with Crippen LogP contribution >= 0.6 is 0 Å². The second kappa shape index (κ2) is 6.13. The fraction of sp³-hybridized carbons (Fsp3) is 0.133. The number of benzene rings is 2. The van der Waals surface area contributed by atoms with Crippen molar-refractivity contribution in [3.8, 4) is 5.75 Å². The van der Waals surface area contributed by atoms with E-state index in [1.54, 1.807) is 36.4 Å². The van der Waals surface area contributed by atoms with Crippen molar-refractivity contribution in [2.45, 2.75) is 6.29 Å². The molecule has 0 saturated heterocycles. The summed E-state index contributed by atoms with van der Waals surface area (Å²) >= 11 is 0. The van der Waals surface area contributed by atoms with E-state index in [2.05, 4.69) is 0 Å². The number of ketones is 1. The highest BCUT2D eigenvalue weighted by Crippen LogP contribution is 2.15. The average molecular weight is 258 g/mol. The molecule has 98 valence electrons. The van der Waals surface area contributed by atoms with Gasteiger partial charge in [0.25, 0.3) is 0 Å². The van der Waals surface area contributed by atoms with Gasteiger partial charge in [0.1, 0.15) is 12.4 Å². The normalized spacial score (nSPS) is 10.5. The summed E-state index contributed by atoms with van der Waals surface area (Å²) in [6.45, 7) is -0.202. The van der Waals surface area contributed by atoms with Gasteiger partial charge in [0.05, 0.1) is 0 Å². The van der Waals surface area contributed by atoms with Gasteiger partial charge in [0.15, 0.2) is 12.1 Å². The molecule has 4 nitrogen and oxygen atoms in total. The molecule has 0 aromatic heterocycles. The number of rotatable bonds is 5. The molecule has 0 atom stereocenters. The zero-order valence-corrected chi connectivity index (χ0v) is 10.2. The maximum atomic E-state index is 12.1. The van der Waals surface area contributed by atoms with Crippen molar-refractivity contribution in [3.63, 3.8) is 0 Å². The van der Waals surface area contributed by atoms with Crippen molar-refractivity contribution in [1.82, 2.24) is 0 Å². The number of carbonyl (C=O) groups excluding carboxylic acids is 1. The quantitative estimate of drug-likeness (QED) is 0.631. The van der Waals surface area contributed by atoms with E-state index in [4.69, 9.17) is 14.9 Å². The molecule has 0 heterocycles. The third-order valence-electron chi connectivity index (χ3n) is 2.55. The largest absolute Gasteiger partial charge is 0.488 e. The zero-order chi connectivity index (χ0) is 13.7. The molecule has 19 heavy (non-hydrogen) atoms. The minimum absolute atomic E-state index is 0.0608. The van der Waals surface area contributed by atoms with Crippen LogP contribution in [0, 0.1) is 0 Å². The lowest BCUT2D eigenvalue weighted by atomic mass is 10.0. The Morgan fingerprint density at radius 3 is 2.11 bits per heavy atom. The van der Waals surface area contributed by atoms with Gasteiger partial charge in [-0.1, -0.05) is 30.3 Å². The number of hydrogen-bond donors (Lipinski definition) is 2. The van der Waals surface area contributed by atoms with Gasteiger partial charge in [-0.15, -0.1) is 0 Å². The molecule has 0 aliphatic rings. The van der Waals surface area contributed by atoms with Crippen LogP contribution in [-0.4, -0.2) is 28.9 Å². The topological polar surface area (TPSA) is 66.8 Å². The van der Waals surface area contributed by atoms with E-state index in [-0.39, 0.29) is 12.4 Å². The van der Waals surface area contributed by atoms with E-state index < -0.39 is 6.29 Å². The molecule has 0 aliphatic heterocycles. The van der Waals surface area contributed by atoms with Gasteiger partial charge in [0.2, 0.25) is 0 Å². The molecule has 0 saturated carbocycles. The van der Waals surface area contributed by atoms with Crippen molar-refractivity contribution in [2.24, 2.45) is 0 Å². The van der Waals surface area contributed by atoms with Gasteiger partial charge in [-0.05, 0) is 24.3 Å². The Balaban J connectivity index is 2.08. The van der Waals surface area contributed by atoms with Gasteiger partial charge in [-0.2, -0.15) is 0 Å². The Labute approximate surface area is 110 Å². The first-order valence-corrected chi connectivity index (χ1v) is 5.85. The van der Waals surface area contributed by atoms with Crippen LogP contribution in [0.4, 0.5) is 0 Å². The smallest absolute Gasteiger partial charge is 0.193 e. The lowest BCUT2D eigenvalue weighted by molar-refractivity contribution is -0.0680. The fourth-order valence-electron chi connectivity index (χ4n) is 1.63. The van der Waals surface area contributed by atoms with E-state index in [1.807, 2.05) is 18.2 Å². The molecule has 2 N–H and O–H groups in total. The Morgan fingerprint density at radius 1 is 0.947 bits per heavy atom. The van der Waals surface area contributed by atoms with Gasteiger partial charge in [0, 0.05) is 11.1 Å². The second-order valence-electron chi connectivity index (χ2n) is 4.01. The summed E-state index contributed by atoms with van der Waals surface area (Å²) in [5, 5.41) is 17.4. The van der Waals surface area contributed by atoms with Crippen LogP contribution < -0.4 is 4.74 Å². The van der Waals surface area contributed by atoms with Crippen LogP contribution in [0.5, 0.6) is 5.75 Å². The van der Waals surface area contributed by atoms with Crippen molar-refractivity contribution in [1.29, 1.82) is 0 Å². The summed E-state index contributed by atoms with van der Waals surface area (Å²) in [6.07, 6.45) is -1.51. The molecule has 0 bridgehead atoms. The number of ether oxygens (including phenoxy) is 1. The second-order valence-corrected chi connectivity index (χ2v) is 4.01. The monoisotopic (exact) mass is 258 g/mol. The SMILES string of the molecule is O=C(c1ccccc1)c1ccc(OCC(O)O)cc1. The minimum atomic E-state index is -1.51. The third-order valence-corrected chi connectivity index (χ3v) is 2.55. The average Bonchev–Trinajstić information content (AvgIpc) is 2.46. The van der Waals surface area contributed by atoms with Crippen molar-refractivity contribution in [2.75, 3.05) is 6.61 Å². The first-order chi connectivity index (χ1) is 9.16. The predicted molar refractivity (Wildman–Crippen MR) is 70.0 cm³/mol. The summed E-state index contributed by atoms with van der Waals surface area (Å²) in [6, 6.07) is 15.5. The standard InChI is InChI=1S/C15H14O4/c16-14(17)10-19-13-8-6-12(7-9-13)15(18)11-4-2-1-3-5-11/h1-9,14,16-17H,10H2. The van der Waals surface area contributed by atoms with Crippen LogP contribution in [0.1, 0.15) is 15.9 Å². The Hall–Kier alpha value is -2.17. The summed E-state index contributed by atoms with van der Waals surface area (Å²) < 4.78 is 5.10. The number of hydrogen-bond acceptors (Lipinski definition) is 4. The van der Waals surface area contributed by atoms with Crippen LogP contribution in [0.3, 0.4) is 0 Å². The van der Waals surface area contributed by atoms with E-state index in [9.17, 15) is 4.79 Å². The van der Waals surface area contributed by atoms with Crippen molar-refractivity contribution < 1.29 is 19.7 Å². The molecule has 2 aromatic carbocycles. The van der Waals surface area contributed by atoms with Crippen LogP contribution in [0.25, 0.3) is 0 Å². The van der Waals surface area contributed by atoms with Crippen LogP contribution in [0.15, 0.2) is 54.6 Å². The van der Waals surface area contributed by atoms with Crippen LogP contribution in [-0.2, 0) is 0 Å². The highest BCUT2D eigenvalue weighted by molar-refractivity contribution is 6.08. The number of aliphatic hydroxyl groups is 2. The van der Waals surface area contributed by atoms with Crippen molar-refractivity contribution in [3.05, 3.63) is 65.7 Å². The lowest BCUT2D eigenvalue weighted by Gasteiger charge is -2.08. The highest BCUT2D eigenvalue weighted by atomic mass is 16.5. The molecule has 0 unspecified atom stereocenters. The highest BCUT2D eigenvalue weighted by Gasteiger charge is 2.08. The molecule has 0 aliphatic carbocycles. The zero-order valence-electron chi connectivity index (χ0n) is 10.2. The van der Waals surface area contributed by atoms with Gasteiger partial charge in [-0.3, -0.25) is 4.79 Å². The lowest BCUT2D eigenvalue weighted by Crippen LogP contribution is -2.15. The molecular weight excluding hydrogens is 244 g/mol. The van der Waals surface area contributed by atoms with E-state index in [1.165, 1.54) is 0 Å². The molecule has 2 rings (SSSR count). The van der Waals surface area contributed by atoms with Gasteiger partial charge >= 0.3 is 0 Å². The van der Waals surface area contributed by atoms with E-state index >= 15 is 0 Å². The minimum Gasteiger partial charge on any atom is -0.488 e. The molecule has 4 heteroatoms. The Bertz CT molecular complexity index is 532. The van der Waals surface area contributed by atoms with E-state index in [0.717, 1.165) is 0 Å². The third kappa shape index (κ3) is 3.64. The predicted octanol–water partition coefficient (Wildman–Crippen LogP) is 1.61. The first-order valence-electron chi connectivity index (χ1n) is 5.85. The maximum absolute atomic E-state index is 12.1. The maximum Gasteiger partial charge on any atom is 0.193 e. The Morgan fingerprint density at radius 2 is 1.53 bits per heavy atom. The molecular formula is C15H14O4. The number of carbonyl (C=O) groups is 1. The summed E-state index contributed by atoms with van der Waals surface area (Å²) in [4.78, 5) is 12.1. The summed E-state index contributed by atoms with van der Waals surface area (Å²) in [7, 11) is 0. The molecule has 2 aromatic rings. The molecule has 0 spiro atoms. The summed E-state index contributed by atoms with van der Waals surface area (Å²) in [5.74, 6) is 0.423. The Kier molecular flexibility index (Phi) is 4.28. The van der Waals surface area contributed by atoms with E-state index in [0.29, 0.717) is 16.9 Å². The fourth-order valence-corrected chi connectivity index (χ4v) is 1.63. The van der Waals surface area contributed by atoms with Gasteiger partial charge < -0.3 is 14.9 Å². The van der Waals surface area contributed by atoms with Crippen molar-refractivity contribution >= 4 is 5.78 Å². The van der Waals surface area contributed by atoms with Gasteiger partial charge in [-0.25, -0.2) is 0 Å². The number of aliphatic hydroxyl groups excluding tert-OH is 1. The van der Waals surface area contributed by atoms with Crippen LogP contribution in [0.2, 0.25) is 0 Å². The first kappa shape index (κ1) is 13.3. The molecule has 0 fully saturated rings.